The highest BCUT2D eigenvalue weighted by Gasteiger charge is 2.31. The highest BCUT2D eigenvalue weighted by atomic mass is 35.5. The molecule has 1 amide bonds. The molecule has 0 spiro atoms. The molecule has 164 valence electrons. The Morgan fingerprint density at radius 1 is 1.10 bits per heavy atom. The summed E-state index contributed by atoms with van der Waals surface area (Å²) in [5.41, 5.74) is 1.44. The molecule has 1 atom stereocenters. The van der Waals surface area contributed by atoms with Crippen LogP contribution in [0.25, 0.3) is 0 Å². The maximum absolute atomic E-state index is 12.7. The lowest BCUT2D eigenvalue weighted by Crippen LogP contribution is -2.49. The summed E-state index contributed by atoms with van der Waals surface area (Å²) in [7, 11) is -3.67. The Labute approximate surface area is 197 Å². The van der Waals surface area contributed by atoms with Gasteiger partial charge < -0.3 is 5.32 Å². The summed E-state index contributed by atoms with van der Waals surface area (Å²) >= 11 is 19.5. The van der Waals surface area contributed by atoms with E-state index in [0.717, 1.165) is 21.9 Å². The molecule has 5 nitrogen and oxygen atoms in total. The van der Waals surface area contributed by atoms with E-state index in [1.54, 1.807) is 49.0 Å². The number of sulfonamides is 1. The smallest absolute Gasteiger partial charge is 0.243 e. The second-order valence-corrected chi connectivity index (χ2v) is 10.8. The third-order valence-corrected chi connectivity index (χ3v) is 7.41. The van der Waals surface area contributed by atoms with Crippen LogP contribution in [0.2, 0.25) is 15.1 Å². The lowest BCUT2D eigenvalue weighted by molar-refractivity contribution is -0.122. The number of benzene rings is 2. The molecule has 2 aromatic carbocycles. The standard InChI is InChI=1S/C20H23Cl3N2O3S2/c1-3-19(25(30(2,27)28)16-7-5-15(21)6-8-16)20(26)24-10-11-29-13-14-4-9-17(22)18(23)12-14/h4-9,12,19H,3,10-11,13H2,1-2H3,(H,24,26). The molecule has 0 radical (unpaired) electrons. The largest absolute Gasteiger partial charge is 0.353 e. The van der Waals surface area contributed by atoms with Crippen molar-refractivity contribution in [2.24, 2.45) is 0 Å². The lowest BCUT2D eigenvalue weighted by atomic mass is 10.2. The number of halogens is 3. The zero-order chi connectivity index (χ0) is 22.3. The monoisotopic (exact) mass is 508 g/mol. The Balaban J connectivity index is 1.95. The summed E-state index contributed by atoms with van der Waals surface area (Å²) in [4.78, 5) is 12.7. The third kappa shape index (κ3) is 7.24. The number of nitrogens with zero attached hydrogens (tertiary/aromatic N) is 1. The fourth-order valence-corrected chi connectivity index (χ4v) is 5.30. The number of thioether (sulfide) groups is 1. The molecule has 10 heteroatoms. The van der Waals surface area contributed by atoms with Crippen LogP contribution in [0.3, 0.4) is 0 Å². The molecular formula is C20H23Cl3N2O3S2. The van der Waals surface area contributed by atoms with E-state index in [4.69, 9.17) is 34.8 Å². The number of carbonyl (C=O) groups is 1. The summed E-state index contributed by atoms with van der Waals surface area (Å²) in [6, 6.07) is 11.0. The molecule has 30 heavy (non-hydrogen) atoms. The van der Waals surface area contributed by atoms with Crippen LogP contribution in [-0.4, -0.2) is 38.9 Å². The first kappa shape index (κ1) is 25.1. The molecule has 0 saturated carbocycles. The van der Waals surface area contributed by atoms with Crippen molar-refractivity contribution in [2.45, 2.75) is 25.1 Å². The zero-order valence-electron chi connectivity index (χ0n) is 16.6. The Kier molecular flexibility index (Phi) is 9.63. The first-order chi connectivity index (χ1) is 14.1. The molecule has 2 rings (SSSR count). The molecule has 0 aliphatic heterocycles. The van der Waals surface area contributed by atoms with E-state index in [-0.39, 0.29) is 5.91 Å². The molecule has 1 N–H and O–H groups in total. The minimum absolute atomic E-state index is 0.331. The van der Waals surface area contributed by atoms with Crippen molar-refractivity contribution in [1.29, 1.82) is 0 Å². The van der Waals surface area contributed by atoms with Gasteiger partial charge in [0, 0.05) is 23.1 Å². The minimum atomic E-state index is -3.67. The van der Waals surface area contributed by atoms with Gasteiger partial charge in [0.1, 0.15) is 6.04 Å². The van der Waals surface area contributed by atoms with Crippen molar-refractivity contribution in [3.8, 4) is 0 Å². The van der Waals surface area contributed by atoms with Gasteiger partial charge in [0.25, 0.3) is 0 Å². The van der Waals surface area contributed by atoms with Gasteiger partial charge in [0.2, 0.25) is 15.9 Å². The van der Waals surface area contributed by atoms with Crippen molar-refractivity contribution < 1.29 is 13.2 Å². The van der Waals surface area contributed by atoms with Crippen LogP contribution >= 0.6 is 46.6 Å². The van der Waals surface area contributed by atoms with E-state index >= 15 is 0 Å². The summed E-state index contributed by atoms with van der Waals surface area (Å²) in [6.07, 6.45) is 1.42. The number of anilines is 1. The molecule has 2 aromatic rings. The molecule has 0 aliphatic carbocycles. The van der Waals surface area contributed by atoms with Crippen molar-refractivity contribution >= 4 is 68.2 Å². The number of hydrogen-bond acceptors (Lipinski definition) is 4. The fraction of sp³-hybridized carbons (Fsp3) is 0.350. The van der Waals surface area contributed by atoms with Gasteiger partial charge in [-0.05, 0) is 48.4 Å². The number of nitrogens with one attached hydrogen (secondary N) is 1. The van der Waals surface area contributed by atoms with Crippen LogP contribution < -0.4 is 9.62 Å². The molecule has 0 aromatic heterocycles. The summed E-state index contributed by atoms with van der Waals surface area (Å²) in [6.45, 7) is 2.19. The molecule has 0 aliphatic rings. The number of rotatable bonds is 10. The second kappa shape index (κ2) is 11.5. The quantitative estimate of drug-likeness (QED) is 0.445. The van der Waals surface area contributed by atoms with E-state index in [9.17, 15) is 13.2 Å². The number of carbonyl (C=O) groups excluding carboxylic acids is 1. The van der Waals surface area contributed by atoms with Crippen LogP contribution in [0, 0.1) is 0 Å². The van der Waals surface area contributed by atoms with Crippen LogP contribution in [0.1, 0.15) is 18.9 Å². The SMILES string of the molecule is CCC(C(=O)NCCSCc1ccc(Cl)c(Cl)c1)N(c1ccc(Cl)cc1)S(C)(=O)=O. The van der Waals surface area contributed by atoms with E-state index in [2.05, 4.69) is 5.32 Å². The first-order valence-corrected chi connectivity index (χ1v) is 13.3. The number of hydrogen-bond donors (Lipinski definition) is 1. The van der Waals surface area contributed by atoms with Crippen molar-refractivity contribution in [3.05, 3.63) is 63.1 Å². The molecular weight excluding hydrogens is 487 g/mol. The summed E-state index contributed by atoms with van der Waals surface area (Å²) < 4.78 is 25.9. The van der Waals surface area contributed by atoms with Gasteiger partial charge in [0.05, 0.1) is 22.0 Å². The summed E-state index contributed by atoms with van der Waals surface area (Å²) in [5, 5.41) is 4.35. The second-order valence-electron chi connectivity index (χ2n) is 6.55. The van der Waals surface area contributed by atoms with Gasteiger partial charge in [0.15, 0.2) is 0 Å². The maximum Gasteiger partial charge on any atom is 0.243 e. The van der Waals surface area contributed by atoms with Crippen molar-refractivity contribution in [1.82, 2.24) is 5.32 Å². The Morgan fingerprint density at radius 3 is 2.33 bits per heavy atom. The van der Waals surface area contributed by atoms with E-state index in [1.807, 2.05) is 12.1 Å². The normalized spacial score (nSPS) is 12.4. The van der Waals surface area contributed by atoms with Crippen LogP contribution in [0.4, 0.5) is 5.69 Å². The minimum Gasteiger partial charge on any atom is -0.353 e. The van der Waals surface area contributed by atoms with Gasteiger partial charge >= 0.3 is 0 Å². The highest BCUT2D eigenvalue weighted by molar-refractivity contribution is 7.98. The average Bonchev–Trinajstić information content (AvgIpc) is 2.68. The topological polar surface area (TPSA) is 66.5 Å². The Bertz CT molecular complexity index is 970. The first-order valence-electron chi connectivity index (χ1n) is 9.17. The molecule has 0 saturated heterocycles. The van der Waals surface area contributed by atoms with Gasteiger partial charge in [-0.2, -0.15) is 11.8 Å². The third-order valence-electron chi connectivity index (χ3n) is 4.21. The lowest BCUT2D eigenvalue weighted by Gasteiger charge is -2.30. The average molecular weight is 510 g/mol. The Morgan fingerprint density at radius 2 is 1.77 bits per heavy atom. The van der Waals surface area contributed by atoms with Crippen LogP contribution in [-0.2, 0) is 20.6 Å². The van der Waals surface area contributed by atoms with Gasteiger partial charge in [-0.3, -0.25) is 9.10 Å². The zero-order valence-corrected chi connectivity index (χ0v) is 20.5. The van der Waals surface area contributed by atoms with Gasteiger partial charge in [-0.1, -0.05) is 47.8 Å². The van der Waals surface area contributed by atoms with Crippen LogP contribution in [0.5, 0.6) is 0 Å². The van der Waals surface area contributed by atoms with E-state index in [1.165, 1.54) is 0 Å². The fourth-order valence-electron chi connectivity index (χ4n) is 2.83. The predicted octanol–water partition coefficient (Wildman–Crippen LogP) is 5.24. The van der Waals surface area contributed by atoms with E-state index in [0.29, 0.717) is 39.5 Å². The predicted molar refractivity (Wildman–Crippen MR) is 128 cm³/mol. The highest BCUT2D eigenvalue weighted by Crippen LogP contribution is 2.25. The van der Waals surface area contributed by atoms with Crippen molar-refractivity contribution in [2.75, 3.05) is 22.9 Å². The van der Waals surface area contributed by atoms with Crippen LogP contribution in [0.15, 0.2) is 42.5 Å². The molecule has 0 heterocycles. The van der Waals surface area contributed by atoms with Crippen molar-refractivity contribution in [3.63, 3.8) is 0 Å². The number of amides is 1. The molecule has 0 bridgehead atoms. The van der Waals surface area contributed by atoms with Gasteiger partial charge in [-0.25, -0.2) is 8.42 Å². The summed E-state index contributed by atoms with van der Waals surface area (Å²) in [5.74, 6) is 1.06. The molecule has 0 fully saturated rings. The molecule has 1 unspecified atom stereocenters. The Hall–Kier alpha value is -1.12. The van der Waals surface area contributed by atoms with E-state index < -0.39 is 16.1 Å². The maximum atomic E-state index is 12.7. The van der Waals surface area contributed by atoms with Gasteiger partial charge in [-0.15, -0.1) is 0 Å².